The number of rotatable bonds is 4. The normalized spacial score (nSPS) is 10.4. The van der Waals surface area contributed by atoms with Crippen LogP contribution in [0.4, 0.5) is 0 Å². The molecule has 1 heterocycles. The lowest BCUT2D eigenvalue weighted by molar-refractivity contribution is 0.680. The molecule has 1 aromatic rings. The van der Waals surface area contributed by atoms with Gasteiger partial charge < -0.3 is 11.1 Å². The van der Waals surface area contributed by atoms with Crippen LogP contribution in [0.5, 0.6) is 0 Å². The molecule has 4 heteroatoms. The first kappa shape index (κ1) is 8.23. The zero-order valence-electron chi connectivity index (χ0n) is 6.72. The van der Waals surface area contributed by atoms with E-state index >= 15 is 0 Å². The van der Waals surface area contributed by atoms with Gasteiger partial charge in [0.2, 0.25) is 0 Å². The molecular formula is C7H14N4. The smallest absolute Gasteiger partial charge is 0.0762 e. The number of H-pyrrole nitrogens is 1. The van der Waals surface area contributed by atoms with E-state index in [0.717, 1.165) is 24.5 Å². The summed E-state index contributed by atoms with van der Waals surface area (Å²) < 4.78 is 0. The van der Waals surface area contributed by atoms with Gasteiger partial charge in [0.05, 0.1) is 5.69 Å². The molecule has 1 rings (SSSR count). The maximum atomic E-state index is 5.31. The molecule has 0 fully saturated rings. The van der Waals surface area contributed by atoms with Crippen molar-refractivity contribution in [3.8, 4) is 0 Å². The minimum atomic E-state index is 0.670. The first-order valence-electron chi connectivity index (χ1n) is 3.74. The van der Waals surface area contributed by atoms with Crippen molar-refractivity contribution in [1.29, 1.82) is 0 Å². The van der Waals surface area contributed by atoms with E-state index in [0.29, 0.717) is 6.54 Å². The maximum absolute atomic E-state index is 5.31. The molecule has 0 aromatic carbocycles. The molecule has 0 aliphatic carbocycles. The first-order chi connectivity index (χ1) is 5.33. The number of aromatic nitrogens is 2. The van der Waals surface area contributed by atoms with Gasteiger partial charge >= 0.3 is 0 Å². The predicted molar refractivity (Wildman–Crippen MR) is 44.1 cm³/mol. The van der Waals surface area contributed by atoms with Crippen LogP contribution in [0.1, 0.15) is 11.4 Å². The Kier molecular flexibility index (Phi) is 3.07. The second kappa shape index (κ2) is 4.10. The summed E-state index contributed by atoms with van der Waals surface area (Å²) in [4.78, 5) is 0. The highest BCUT2D eigenvalue weighted by Crippen LogP contribution is 1.95. The van der Waals surface area contributed by atoms with Crippen LogP contribution in [0, 0.1) is 6.92 Å². The molecule has 11 heavy (non-hydrogen) atoms. The minimum absolute atomic E-state index is 0.670. The maximum Gasteiger partial charge on any atom is 0.0762 e. The van der Waals surface area contributed by atoms with E-state index in [-0.39, 0.29) is 0 Å². The van der Waals surface area contributed by atoms with Gasteiger partial charge in [0, 0.05) is 25.3 Å². The summed E-state index contributed by atoms with van der Waals surface area (Å²) >= 11 is 0. The van der Waals surface area contributed by atoms with Gasteiger partial charge in [-0.15, -0.1) is 0 Å². The van der Waals surface area contributed by atoms with Crippen LogP contribution in [0.2, 0.25) is 0 Å². The number of nitrogens with one attached hydrogen (secondary N) is 2. The second-order valence-electron chi connectivity index (χ2n) is 2.51. The van der Waals surface area contributed by atoms with Crippen LogP contribution in [0.15, 0.2) is 6.07 Å². The van der Waals surface area contributed by atoms with Crippen LogP contribution >= 0.6 is 0 Å². The van der Waals surface area contributed by atoms with E-state index in [2.05, 4.69) is 15.5 Å². The monoisotopic (exact) mass is 154 g/mol. The summed E-state index contributed by atoms with van der Waals surface area (Å²) in [6.45, 7) is 4.29. The van der Waals surface area contributed by atoms with Gasteiger partial charge in [0.1, 0.15) is 0 Å². The Balaban J connectivity index is 2.27. The summed E-state index contributed by atoms with van der Waals surface area (Å²) in [6, 6.07) is 2.02. The molecule has 62 valence electrons. The van der Waals surface area contributed by atoms with Crippen molar-refractivity contribution in [2.24, 2.45) is 5.73 Å². The van der Waals surface area contributed by atoms with E-state index in [1.807, 2.05) is 13.0 Å². The molecule has 0 aliphatic heterocycles. The summed E-state index contributed by atoms with van der Waals surface area (Å²) in [5.41, 5.74) is 7.44. The largest absolute Gasteiger partial charge is 0.329 e. The van der Waals surface area contributed by atoms with Crippen molar-refractivity contribution >= 4 is 0 Å². The Bertz CT molecular complexity index is 206. The summed E-state index contributed by atoms with van der Waals surface area (Å²) in [7, 11) is 0. The highest BCUT2D eigenvalue weighted by Gasteiger charge is 1.94. The lowest BCUT2D eigenvalue weighted by atomic mass is 10.4. The van der Waals surface area contributed by atoms with Crippen molar-refractivity contribution < 1.29 is 0 Å². The Morgan fingerprint density at radius 3 is 3.09 bits per heavy atom. The number of nitrogens with zero attached hydrogens (tertiary/aromatic N) is 1. The zero-order chi connectivity index (χ0) is 8.10. The van der Waals surface area contributed by atoms with Gasteiger partial charge in [-0.25, -0.2) is 0 Å². The summed E-state index contributed by atoms with van der Waals surface area (Å²) in [6.07, 6.45) is 0. The molecule has 0 aliphatic rings. The van der Waals surface area contributed by atoms with Gasteiger partial charge in [-0.3, -0.25) is 5.10 Å². The van der Waals surface area contributed by atoms with E-state index in [1.165, 1.54) is 0 Å². The van der Waals surface area contributed by atoms with Gasteiger partial charge in [-0.2, -0.15) is 5.10 Å². The van der Waals surface area contributed by atoms with Gasteiger partial charge in [0.15, 0.2) is 0 Å². The topological polar surface area (TPSA) is 66.7 Å². The highest BCUT2D eigenvalue weighted by atomic mass is 15.1. The molecular weight excluding hydrogens is 140 g/mol. The van der Waals surface area contributed by atoms with Crippen LogP contribution in [-0.2, 0) is 6.54 Å². The number of hydrogen-bond donors (Lipinski definition) is 3. The number of hydrogen-bond acceptors (Lipinski definition) is 3. The SMILES string of the molecule is Cc1cc(CNCCN)n[nH]1. The summed E-state index contributed by atoms with van der Waals surface area (Å²) in [5, 5.41) is 10.1. The lowest BCUT2D eigenvalue weighted by Crippen LogP contribution is -2.21. The third kappa shape index (κ3) is 2.69. The second-order valence-corrected chi connectivity index (χ2v) is 2.51. The average molecular weight is 154 g/mol. The van der Waals surface area contributed by atoms with Gasteiger partial charge in [0.25, 0.3) is 0 Å². The van der Waals surface area contributed by atoms with Crippen LogP contribution in [0.3, 0.4) is 0 Å². The van der Waals surface area contributed by atoms with Crippen LogP contribution in [-0.4, -0.2) is 23.3 Å². The average Bonchev–Trinajstić information content (AvgIpc) is 2.37. The zero-order valence-corrected chi connectivity index (χ0v) is 6.72. The molecule has 1 aromatic heterocycles. The van der Waals surface area contributed by atoms with Crippen molar-refractivity contribution in [3.05, 3.63) is 17.5 Å². The van der Waals surface area contributed by atoms with Crippen LogP contribution in [0.25, 0.3) is 0 Å². The third-order valence-corrected chi connectivity index (χ3v) is 1.39. The molecule has 0 bridgehead atoms. The molecule has 0 spiro atoms. The highest BCUT2D eigenvalue weighted by molar-refractivity contribution is 5.05. The number of aromatic amines is 1. The number of aryl methyl sites for hydroxylation is 1. The minimum Gasteiger partial charge on any atom is -0.329 e. The molecule has 0 saturated carbocycles. The first-order valence-corrected chi connectivity index (χ1v) is 3.74. The third-order valence-electron chi connectivity index (χ3n) is 1.39. The molecule has 4 nitrogen and oxygen atoms in total. The van der Waals surface area contributed by atoms with E-state index in [1.54, 1.807) is 0 Å². The summed E-state index contributed by atoms with van der Waals surface area (Å²) in [5.74, 6) is 0. The van der Waals surface area contributed by atoms with Crippen molar-refractivity contribution in [1.82, 2.24) is 15.5 Å². The van der Waals surface area contributed by atoms with Crippen LogP contribution < -0.4 is 11.1 Å². The van der Waals surface area contributed by atoms with Crippen molar-refractivity contribution in [2.75, 3.05) is 13.1 Å². The quantitative estimate of drug-likeness (QED) is 0.525. The molecule has 0 unspecified atom stereocenters. The Morgan fingerprint density at radius 2 is 2.55 bits per heavy atom. The fourth-order valence-electron chi connectivity index (χ4n) is 0.884. The molecule has 0 radical (unpaired) electrons. The van der Waals surface area contributed by atoms with E-state index in [4.69, 9.17) is 5.73 Å². The van der Waals surface area contributed by atoms with Gasteiger partial charge in [-0.1, -0.05) is 0 Å². The van der Waals surface area contributed by atoms with E-state index in [9.17, 15) is 0 Å². The van der Waals surface area contributed by atoms with Gasteiger partial charge in [-0.05, 0) is 13.0 Å². The molecule has 4 N–H and O–H groups in total. The molecule has 0 amide bonds. The van der Waals surface area contributed by atoms with E-state index < -0.39 is 0 Å². The standard InChI is InChI=1S/C7H14N4/c1-6-4-7(11-10-6)5-9-3-2-8/h4,9H,2-3,5,8H2,1H3,(H,10,11). The number of nitrogens with two attached hydrogens (primary N) is 1. The Labute approximate surface area is 66.2 Å². The molecule has 0 atom stereocenters. The van der Waals surface area contributed by atoms with Crippen molar-refractivity contribution in [3.63, 3.8) is 0 Å². The fraction of sp³-hybridized carbons (Fsp3) is 0.571. The lowest BCUT2D eigenvalue weighted by Gasteiger charge is -1.97. The fourth-order valence-corrected chi connectivity index (χ4v) is 0.884. The van der Waals surface area contributed by atoms with Crippen molar-refractivity contribution in [2.45, 2.75) is 13.5 Å². The Hall–Kier alpha value is -0.870. The predicted octanol–water partition coefficient (Wildman–Crippen LogP) is -0.234. The Morgan fingerprint density at radius 1 is 1.73 bits per heavy atom. The molecule has 0 saturated heterocycles.